The summed E-state index contributed by atoms with van der Waals surface area (Å²) in [5, 5.41) is 0. The quantitative estimate of drug-likeness (QED) is 0.712. The maximum Gasteiger partial charge on any atom is 0.324 e. The van der Waals surface area contributed by atoms with Gasteiger partial charge in [-0.3, -0.25) is 4.90 Å². The van der Waals surface area contributed by atoms with E-state index in [0.29, 0.717) is 23.8 Å². The first-order valence-electron chi connectivity index (χ1n) is 5.50. The molecule has 0 spiro atoms. The van der Waals surface area contributed by atoms with E-state index in [1.165, 1.54) is 6.07 Å². The van der Waals surface area contributed by atoms with Crippen LogP contribution in [0.2, 0.25) is 0 Å². The van der Waals surface area contributed by atoms with Crippen LogP contribution in [0.25, 0.3) is 0 Å². The smallest absolute Gasteiger partial charge is 0.317 e. The van der Waals surface area contributed by atoms with Gasteiger partial charge in [-0.2, -0.15) is 0 Å². The number of anilines is 1. The molecule has 0 saturated heterocycles. The molecular weight excluding hydrogens is 207 g/mol. The van der Waals surface area contributed by atoms with Crippen molar-refractivity contribution >= 4 is 11.7 Å². The molecular formula is C12H13FN2O. The second-order valence-electron chi connectivity index (χ2n) is 4.44. The van der Waals surface area contributed by atoms with Crippen molar-refractivity contribution in [3.8, 4) is 0 Å². The van der Waals surface area contributed by atoms with E-state index in [1.54, 1.807) is 29.0 Å². The van der Waals surface area contributed by atoms with Crippen molar-refractivity contribution in [2.45, 2.75) is 25.4 Å². The molecule has 0 unspecified atom stereocenters. The molecule has 2 aliphatic rings. The van der Waals surface area contributed by atoms with Crippen molar-refractivity contribution in [3.05, 3.63) is 29.6 Å². The first kappa shape index (κ1) is 9.63. The summed E-state index contributed by atoms with van der Waals surface area (Å²) in [7, 11) is 1.70. The van der Waals surface area contributed by atoms with E-state index in [4.69, 9.17) is 0 Å². The first-order chi connectivity index (χ1) is 7.68. The zero-order chi connectivity index (χ0) is 11.3. The predicted molar refractivity (Wildman–Crippen MR) is 58.8 cm³/mol. The lowest BCUT2D eigenvalue weighted by Gasteiger charge is -2.35. The first-order valence-corrected chi connectivity index (χ1v) is 5.50. The summed E-state index contributed by atoms with van der Waals surface area (Å²) < 4.78 is 13.7. The third kappa shape index (κ3) is 1.29. The molecule has 1 aromatic carbocycles. The monoisotopic (exact) mass is 220 g/mol. The average molecular weight is 220 g/mol. The zero-order valence-corrected chi connectivity index (χ0v) is 9.11. The molecule has 1 aliphatic heterocycles. The maximum atomic E-state index is 13.7. The van der Waals surface area contributed by atoms with Gasteiger partial charge < -0.3 is 4.90 Å². The van der Waals surface area contributed by atoms with Crippen LogP contribution in [0.15, 0.2) is 18.2 Å². The molecule has 84 valence electrons. The van der Waals surface area contributed by atoms with Crippen LogP contribution >= 0.6 is 0 Å². The molecule has 1 fully saturated rings. The van der Waals surface area contributed by atoms with Crippen LogP contribution in [0.5, 0.6) is 0 Å². The lowest BCUT2D eigenvalue weighted by Crippen LogP contribution is -2.46. The minimum Gasteiger partial charge on any atom is -0.317 e. The number of rotatable bonds is 1. The molecule has 1 aromatic rings. The molecule has 1 heterocycles. The molecule has 0 N–H and O–H groups in total. The van der Waals surface area contributed by atoms with Gasteiger partial charge in [-0.1, -0.05) is 6.07 Å². The Bertz CT molecular complexity index is 456. The second-order valence-corrected chi connectivity index (χ2v) is 4.44. The van der Waals surface area contributed by atoms with Crippen LogP contribution in [0.3, 0.4) is 0 Å². The van der Waals surface area contributed by atoms with Crippen LogP contribution < -0.4 is 4.90 Å². The molecule has 0 radical (unpaired) electrons. The van der Waals surface area contributed by atoms with E-state index < -0.39 is 0 Å². The third-order valence-corrected chi connectivity index (χ3v) is 3.30. The van der Waals surface area contributed by atoms with E-state index in [-0.39, 0.29) is 11.8 Å². The summed E-state index contributed by atoms with van der Waals surface area (Å²) in [4.78, 5) is 15.3. The Morgan fingerprint density at radius 1 is 1.38 bits per heavy atom. The van der Waals surface area contributed by atoms with E-state index >= 15 is 0 Å². The van der Waals surface area contributed by atoms with Gasteiger partial charge in [0, 0.05) is 18.7 Å². The summed E-state index contributed by atoms with van der Waals surface area (Å²) in [5.74, 6) is -0.220. The van der Waals surface area contributed by atoms with Gasteiger partial charge >= 0.3 is 6.03 Å². The fraction of sp³-hybridized carbons (Fsp3) is 0.417. The van der Waals surface area contributed by atoms with E-state index in [1.807, 2.05) is 0 Å². The highest BCUT2D eigenvalue weighted by molar-refractivity contribution is 5.94. The number of hydrogen-bond acceptors (Lipinski definition) is 1. The number of benzene rings is 1. The fourth-order valence-electron chi connectivity index (χ4n) is 2.22. The Morgan fingerprint density at radius 3 is 2.81 bits per heavy atom. The zero-order valence-electron chi connectivity index (χ0n) is 9.11. The summed E-state index contributed by atoms with van der Waals surface area (Å²) in [6, 6.07) is 5.20. The lowest BCUT2D eigenvalue weighted by molar-refractivity contribution is 0.196. The molecule has 2 amide bonds. The molecule has 0 aromatic heterocycles. The molecule has 1 aliphatic carbocycles. The minimum absolute atomic E-state index is 0.0133. The Balaban J connectivity index is 2.05. The summed E-state index contributed by atoms with van der Waals surface area (Å²) in [6.07, 6.45) is 2.09. The van der Waals surface area contributed by atoms with Crippen LogP contribution in [0.4, 0.5) is 14.9 Å². The SMILES string of the molecule is CN1C(=O)N(C2CC2)Cc2c(F)cccc21. The molecule has 16 heavy (non-hydrogen) atoms. The van der Waals surface area contributed by atoms with Gasteiger partial charge in [-0.05, 0) is 25.0 Å². The Hall–Kier alpha value is -1.58. The van der Waals surface area contributed by atoms with Crippen molar-refractivity contribution in [1.29, 1.82) is 0 Å². The standard InChI is InChI=1S/C12H13FN2O/c1-14-11-4-2-3-10(13)9(11)7-15(12(14)16)8-5-6-8/h2-4,8H,5-7H2,1H3. The van der Waals surface area contributed by atoms with Crippen molar-refractivity contribution < 1.29 is 9.18 Å². The fourth-order valence-corrected chi connectivity index (χ4v) is 2.22. The Kier molecular flexibility index (Phi) is 1.93. The average Bonchev–Trinajstić information content (AvgIpc) is 3.08. The number of hydrogen-bond donors (Lipinski definition) is 0. The number of halogens is 1. The van der Waals surface area contributed by atoms with Gasteiger partial charge in [0.15, 0.2) is 0 Å². The summed E-state index contributed by atoms with van der Waals surface area (Å²) in [5.41, 5.74) is 1.33. The number of amides is 2. The second kappa shape index (κ2) is 3.20. The van der Waals surface area contributed by atoms with Gasteiger partial charge in [-0.25, -0.2) is 9.18 Å². The van der Waals surface area contributed by atoms with E-state index in [2.05, 4.69) is 0 Å². The topological polar surface area (TPSA) is 23.6 Å². The maximum absolute atomic E-state index is 13.7. The van der Waals surface area contributed by atoms with E-state index in [9.17, 15) is 9.18 Å². The molecule has 4 heteroatoms. The number of fused-ring (bicyclic) bond motifs is 1. The summed E-state index contributed by atoms with van der Waals surface area (Å²) in [6.45, 7) is 0.413. The van der Waals surface area contributed by atoms with Gasteiger partial charge in [0.2, 0.25) is 0 Å². The van der Waals surface area contributed by atoms with Crippen LogP contribution in [-0.4, -0.2) is 24.0 Å². The lowest BCUT2D eigenvalue weighted by atomic mass is 10.1. The van der Waals surface area contributed by atoms with Crippen molar-refractivity contribution in [3.63, 3.8) is 0 Å². The van der Waals surface area contributed by atoms with Crippen LogP contribution in [0, 0.1) is 5.82 Å². The minimum atomic E-state index is -0.220. The Morgan fingerprint density at radius 2 is 2.12 bits per heavy atom. The van der Waals surface area contributed by atoms with Gasteiger partial charge in [0.05, 0.1) is 12.2 Å². The highest BCUT2D eigenvalue weighted by Gasteiger charge is 2.38. The van der Waals surface area contributed by atoms with Crippen molar-refractivity contribution in [2.75, 3.05) is 11.9 Å². The normalized spacial score (nSPS) is 20.0. The van der Waals surface area contributed by atoms with E-state index in [0.717, 1.165) is 12.8 Å². The molecule has 0 bridgehead atoms. The highest BCUT2D eigenvalue weighted by Crippen LogP contribution is 2.36. The molecule has 0 atom stereocenters. The molecule has 1 saturated carbocycles. The number of urea groups is 1. The number of carbonyl (C=O) groups excluding carboxylic acids is 1. The van der Waals surface area contributed by atoms with Crippen LogP contribution in [0.1, 0.15) is 18.4 Å². The van der Waals surface area contributed by atoms with Crippen molar-refractivity contribution in [2.24, 2.45) is 0 Å². The molecule has 3 rings (SSSR count). The highest BCUT2D eigenvalue weighted by atomic mass is 19.1. The van der Waals surface area contributed by atoms with Crippen molar-refractivity contribution in [1.82, 2.24) is 4.90 Å². The largest absolute Gasteiger partial charge is 0.324 e. The van der Waals surface area contributed by atoms with Gasteiger partial charge in [0.1, 0.15) is 5.82 Å². The molecule has 3 nitrogen and oxygen atoms in total. The van der Waals surface area contributed by atoms with Crippen LogP contribution in [-0.2, 0) is 6.54 Å². The number of carbonyl (C=O) groups is 1. The number of nitrogens with zero attached hydrogens (tertiary/aromatic N) is 2. The predicted octanol–water partition coefficient (Wildman–Crippen LogP) is 2.36. The Labute approximate surface area is 93.5 Å². The van der Waals surface area contributed by atoms with Gasteiger partial charge in [-0.15, -0.1) is 0 Å². The third-order valence-electron chi connectivity index (χ3n) is 3.30. The summed E-state index contributed by atoms with van der Waals surface area (Å²) >= 11 is 0. The van der Waals surface area contributed by atoms with Gasteiger partial charge in [0.25, 0.3) is 0 Å².